The summed E-state index contributed by atoms with van der Waals surface area (Å²) < 4.78 is 5.46. The van der Waals surface area contributed by atoms with Gasteiger partial charge in [-0.1, -0.05) is 5.16 Å². The predicted octanol–water partition coefficient (Wildman–Crippen LogP) is 3.01. The number of aromatic hydroxyl groups is 1. The summed E-state index contributed by atoms with van der Waals surface area (Å²) in [6.45, 7) is 3.90. The van der Waals surface area contributed by atoms with Gasteiger partial charge < -0.3 is 15.4 Å². The van der Waals surface area contributed by atoms with Crippen molar-refractivity contribution in [2.24, 2.45) is 0 Å². The molecule has 4 nitrogen and oxygen atoms in total. The highest BCUT2D eigenvalue weighted by molar-refractivity contribution is 9.10. The van der Waals surface area contributed by atoms with Gasteiger partial charge in [-0.15, -0.1) is 0 Å². The van der Waals surface area contributed by atoms with Crippen molar-refractivity contribution in [2.75, 3.05) is 5.73 Å². The first-order valence-electron chi connectivity index (χ1n) is 4.72. The number of anilines is 1. The fourth-order valence-electron chi connectivity index (χ4n) is 1.47. The summed E-state index contributed by atoms with van der Waals surface area (Å²) in [5, 5.41) is 13.8. The van der Waals surface area contributed by atoms with Gasteiger partial charge in [0.25, 0.3) is 0 Å². The molecule has 0 saturated heterocycles. The van der Waals surface area contributed by atoms with Crippen LogP contribution >= 0.6 is 15.9 Å². The Bertz CT molecular complexity index is 549. The Morgan fingerprint density at radius 3 is 2.62 bits per heavy atom. The number of aryl methyl sites for hydroxylation is 1. The van der Waals surface area contributed by atoms with E-state index in [2.05, 4.69) is 21.1 Å². The van der Waals surface area contributed by atoms with Crippen LogP contribution in [0.5, 0.6) is 5.75 Å². The smallest absolute Gasteiger partial charge is 0.222 e. The van der Waals surface area contributed by atoms with E-state index in [1.165, 1.54) is 0 Å². The largest absolute Gasteiger partial charge is 0.506 e. The van der Waals surface area contributed by atoms with Gasteiger partial charge in [0.1, 0.15) is 11.4 Å². The fraction of sp³-hybridized carbons (Fsp3) is 0.182. The summed E-state index contributed by atoms with van der Waals surface area (Å²) in [5.74, 6) is 0.375. The van der Waals surface area contributed by atoms with E-state index in [0.29, 0.717) is 15.7 Å². The first kappa shape index (κ1) is 11.0. The molecule has 2 rings (SSSR count). The molecular weight excluding hydrogens is 272 g/mol. The van der Waals surface area contributed by atoms with Gasteiger partial charge in [-0.3, -0.25) is 0 Å². The number of aromatic nitrogens is 1. The van der Waals surface area contributed by atoms with Crippen molar-refractivity contribution in [3.05, 3.63) is 27.7 Å². The molecule has 0 amide bonds. The lowest BCUT2D eigenvalue weighted by molar-refractivity contribution is 0.437. The second-order valence-electron chi connectivity index (χ2n) is 3.64. The van der Waals surface area contributed by atoms with Gasteiger partial charge in [0.05, 0.1) is 4.47 Å². The predicted molar refractivity (Wildman–Crippen MR) is 65.2 cm³/mol. The topological polar surface area (TPSA) is 72.3 Å². The minimum absolute atomic E-state index is 0.149. The summed E-state index contributed by atoms with van der Waals surface area (Å²) >= 11 is 3.35. The van der Waals surface area contributed by atoms with Crippen LogP contribution in [-0.4, -0.2) is 10.3 Å². The maximum atomic E-state index is 10.00. The molecule has 0 aliphatic carbocycles. The maximum Gasteiger partial charge on any atom is 0.222 e. The van der Waals surface area contributed by atoms with Crippen LogP contribution in [0, 0.1) is 13.8 Å². The Morgan fingerprint density at radius 1 is 1.38 bits per heavy atom. The van der Waals surface area contributed by atoms with Crippen molar-refractivity contribution in [3.8, 4) is 17.0 Å². The molecular formula is C11H11BrN2O2. The number of phenolic OH excluding ortho intramolecular Hbond substituents is 1. The third-order valence-corrected chi connectivity index (χ3v) is 3.52. The van der Waals surface area contributed by atoms with Crippen molar-refractivity contribution in [1.82, 2.24) is 5.16 Å². The molecule has 2 aromatic rings. The van der Waals surface area contributed by atoms with Crippen molar-refractivity contribution in [3.63, 3.8) is 0 Å². The zero-order valence-corrected chi connectivity index (χ0v) is 10.5. The molecule has 5 heteroatoms. The van der Waals surface area contributed by atoms with Gasteiger partial charge >= 0.3 is 0 Å². The van der Waals surface area contributed by atoms with E-state index in [9.17, 15) is 5.11 Å². The molecule has 0 spiro atoms. The molecule has 1 aromatic heterocycles. The van der Waals surface area contributed by atoms with Crippen LogP contribution in [0.4, 0.5) is 5.88 Å². The average Bonchev–Trinajstić information content (AvgIpc) is 2.67. The van der Waals surface area contributed by atoms with Crippen LogP contribution in [0.2, 0.25) is 0 Å². The minimum atomic E-state index is 0.149. The van der Waals surface area contributed by atoms with Gasteiger partial charge in [-0.25, -0.2) is 0 Å². The molecule has 0 bridgehead atoms. The number of nitrogens with zero attached hydrogens (tertiary/aromatic N) is 1. The van der Waals surface area contributed by atoms with E-state index in [1.54, 1.807) is 6.07 Å². The van der Waals surface area contributed by atoms with Crippen LogP contribution in [0.15, 0.2) is 21.1 Å². The van der Waals surface area contributed by atoms with Gasteiger partial charge in [0.15, 0.2) is 0 Å². The SMILES string of the molecule is Cc1cc(-c2cc(N)on2)c(O)c(Br)c1C. The van der Waals surface area contributed by atoms with Crippen LogP contribution in [0.1, 0.15) is 11.1 Å². The second kappa shape index (κ2) is 3.83. The van der Waals surface area contributed by atoms with E-state index >= 15 is 0 Å². The third kappa shape index (κ3) is 1.67. The van der Waals surface area contributed by atoms with E-state index in [0.717, 1.165) is 11.1 Å². The number of phenols is 1. The van der Waals surface area contributed by atoms with Gasteiger partial charge in [-0.05, 0) is 47.0 Å². The summed E-state index contributed by atoms with van der Waals surface area (Å²) in [5.41, 5.74) is 8.64. The molecule has 0 saturated carbocycles. The van der Waals surface area contributed by atoms with Crippen molar-refractivity contribution < 1.29 is 9.63 Å². The number of benzene rings is 1. The molecule has 0 radical (unpaired) electrons. The number of hydrogen-bond donors (Lipinski definition) is 2. The van der Waals surface area contributed by atoms with Crippen LogP contribution < -0.4 is 5.73 Å². The molecule has 3 N–H and O–H groups in total. The van der Waals surface area contributed by atoms with Crippen LogP contribution in [0.3, 0.4) is 0 Å². The Labute approximate surface area is 101 Å². The standard InChI is InChI=1S/C11H11BrN2O2/c1-5-3-7(8-4-9(13)16-14-8)11(15)10(12)6(5)2/h3-4,15H,13H2,1-2H3. The maximum absolute atomic E-state index is 10.00. The Morgan fingerprint density at radius 2 is 2.06 bits per heavy atom. The Kier molecular flexibility index (Phi) is 2.63. The highest BCUT2D eigenvalue weighted by atomic mass is 79.9. The fourth-order valence-corrected chi connectivity index (χ4v) is 2.00. The van der Waals surface area contributed by atoms with Gasteiger partial charge in [-0.2, -0.15) is 0 Å². The monoisotopic (exact) mass is 282 g/mol. The Balaban J connectivity index is 2.66. The van der Waals surface area contributed by atoms with E-state index < -0.39 is 0 Å². The summed E-state index contributed by atoms with van der Waals surface area (Å²) in [4.78, 5) is 0. The average molecular weight is 283 g/mol. The number of nitrogen functional groups attached to an aromatic ring is 1. The molecule has 0 unspecified atom stereocenters. The Hall–Kier alpha value is -1.49. The van der Waals surface area contributed by atoms with Crippen molar-refractivity contribution in [1.29, 1.82) is 0 Å². The lowest BCUT2D eigenvalue weighted by atomic mass is 10.0. The zero-order chi connectivity index (χ0) is 11.9. The van der Waals surface area contributed by atoms with E-state index in [4.69, 9.17) is 10.3 Å². The minimum Gasteiger partial charge on any atom is -0.506 e. The van der Waals surface area contributed by atoms with Crippen molar-refractivity contribution in [2.45, 2.75) is 13.8 Å². The summed E-state index contributed by atoms with van der Waals surface area (Å²) in [6.07, 6.45) is 0. The molecule has 0 atom stereocenters. The van der Waals surface area contributed by atoms with Crippen molar-refractivity contribution >= 4 is 21.8 Å². The number of rotatable bonds is 1. The third-order valence-electron chi connectivity index (χ3n) is 2.55. The number of hydrogen-bond acceptors (Lipinski definition) is 4. The number of nitrogens with two attached hydrogens (primary N) is 1. The summed E-state index contributed by atoms with van der Waals surface area (Å²) in [6, 6.07) is 3.43. The molecule has 16 heavy (non-hydrogen) atoms. The van der Waals surface area contributed by atoms with E-state index in [1.807, 2.05) is 19.9 Å². The van der Waals surface area contributed by atoms with Gasteiger partial charge in [0.2, 0.25) is 5.88 Å². The molecule has 0 fully saturated rings. The highest BCUT2D eigenvalue weighted by Gasteiger charge is 2.15. The zero-order valence-electron chi connectivity index (χ0n) is 8.91. The van der Waals surface area contributed by atoms with Crippen LogP contribution in [0.25, 0.3) is 11.3 Å². The van der Waals surface area contributed by atoms with Crippen LogP contribution in [-0.2, 0) is 0 Å². The highest BCUT2D eigenvalue weighted by Crippen LogP contribution is 2.39. The first-order valence-corrected chi connectivity index (χ1v) is 5.51. The lowest BCUT2D eigenvalue weighted by Crippen LogP contribution is -1.88. The first-order chi connectivity index (χ1) is 7.50. The molecule has 0 aliphatic rings. The van der Waals surface area contributed by atoms with E-state index in [-0.39, 0.29) is 11.6 Å². The molecule has 0 aliphatic heterocycles. The molecule has 1 heterocycles. The molecule has 1 aromatic carbocycles. The number of halogens is 1. The molecule has 84 valence electrons. The van der Waals surface area contributed by atoms with Gasteiger partial charge in [0, 0.05) is 11.6 Å². The normalized spacial score (nSPS) is 10.7. The lowest BCUT2D eigenvalue weighted by Gasteiger charge is -2.09. The quantitative estimate of drug-likeness (QED) is 0.843. The summed E-state index contributed by atoms with van der Waals surface area (Å²) in [7, 11) is 0. The second-order valence-corrected chi connectivity index (χ2v) is 4.44.